The molecule has 0 atom stereocenters. The summed E-state index contributed by atoms with van der Waals surface area (Å²) >= 11 is 0.951. The zero-order valence-corrected chi connectivity index (χ0v) is 34.6. The monoisotopic (exact) mass is 1060 g/mol. The van der Waals surface area contributed by atoms with Crippen LogP contribution in [-0.4, -0.2) is 90.5 Å². The van der Waals surface area contributed by atoms with Crippen molar-refractivity contribution in [1.82, 2.24) is 5.01 Å². The molecule has 0 amide bonds. The Bertz CT molecular complexity index is 2360. The molecule has 1 aromatic heterocycles. The van der Waals surface area contributed by atoms with E-state index in [2.05, 4.69) is 10.3 Å². The first kappa shape index (κ1) is 56.5. The minimum atomic E-state index is -9.26. The minimum Gasteiger partial charge on any atom is -0.485 e. The van der Waals surface area contributed by atoms with Crippen molar-refractivity contribution in [3.8, 4) is 11.5 Å². The number of aryl methyl sites for hydroxylation is 1. The van der Waals surface area contributed by atoms with Gasteiger partial charge >= 0.3 is 65.7 Å². The molecule has 0 unspecified atom stereocenters. The fraction of sp³-hybridized carbons (Fsp3) is 0.500. The Hall–Kier alpha value is -5.13. The lowest BCUT2D eigenvalue weighted by molar-refractivity contribution is -0.474. The first-order valence-corrected chi connectivity index (χ1v) is 19.5. The van der Waals surface area contributed by atoms with Crippen molar-refractivity contribution in [3.63, 3.8) is 0 Å². The lowest BCUT2D eigenvalue weighted by atomic mass is 9.85. The van der Waals surface area contributed by atoms with Gasteiger partial charge in [0.2, 0.25) is 0 Å². The van der Waals surface area contributed by atoms with Crippen LogP contribution in [0.15, 0.2) is 52.8 Å². The van der Waals surface area contributed by atoms with Gasteiger partial charge in [0.05, 0.1) is 22.7 Å². The van der Waals surface area contributed by atoms with Crippen LogP contribution in [0.1, 0.15) is 56.6 Å². The van der Waals surface area contributed by atoms with Gasteiger partial charge in [0.25, 0.3) is 0 Å². The highest BCUT2D eigenvalue weighted by molar-refractivity contribution is 7.15. The smallest absolute Gasteiger partial charge is 0.460 e. The van der Waals surface area contributed by atoms with Crippen LogP contribution in [0.2, 0.25) is 0 Å². The minimum absolute atomic E-state index is 0.00725. The number of ether oxygens (including phenoxy) is 2. The number of halogens is 24. The average Bonchev–Trinajstić information content (AvgIpc) is 3.61. The first-order valence-electron chi connectivity index (χ1n) is 18.7. The van der Waals surface area contributed by atoms with Gasteiger partial charge < -0.3 is 9.47 Å². The highest BCUT2D eigenvalue weighted by Gasteiger charge is 2.97. The van der Waals surface area contributed by atoms with Crippen molar-refractivity contribution in [3.05, 3.63) is 74.5 Å². The molecule has 0 radical (unpaired) electrons. The summed E-state index contributed by atoms with van der Waals surface area (Å²) in [5.74, 6) is -77.3. The molecular weight excluding hydrogens is 1030 g/mol. The molecule has 0 spiro atoms. The number of aldehydes is 1. The molecule has 0 N–H and O–H groups in total. The van der Waals surface area contributed by atoms with Gasteiger partial charge in [-0.3, -0.25) is 9.80 Å². The molecule has 69 heavy (non-hydrogen) atoms. The van der Waals surface area contributed by atoms with Gasteiger partial charge in [0, 0.05) is 13.0 Å². The van der Waals surface area contributed by atoms with Crippen LogP contribution in [0.25, 0.3) is 12.2 Å². The van der Waals surface area contributed by atoms with E-state index < -0.39 is 95.3 Å². The van der Waals surface area contributed by atoms with E-state index in [1.165, 1.54) is 18.2 Å². The molecule has 0 bridgehead atoms. The second-order valence-electron chi connectivity index (χ2n) is 14.6. The fourth-order valence-corrected chi connectivity index (χ4v) is 6.83. The molecule has 0 saturated heterocycles. The first-order chi connectivity index (χ1) is 31.2. The third-order valence-corrected chi connectivity index (χ3v) is 10.8. The van der Waals surface area contributed by atoms with Crippen molar-refractivity contribution in [2.75, 3.05) is 19.8 Å². The largest absolute Gasteiger partial charge is 0.485 e. The van der Waals surface area contributed by atoms with Gasteiger partial charge in [-0.1, -0.05) is 48.6 Å². The second-order valence-corrected chi connectivity index (χ2v) is 15.7. The third-order valence-electron chi connectivity index (χ3n) is 9.76. The number of thiophene rings is 1. The summed E-state index contributed by atoms with van der Waals surface area (Å²) in [6, 6.07) is 6.34. The number of nitrogens with zero attached hydrogens (tertiary/aromatic N) is 3. The van der Waals surface area contributed by atoms with E-state index in [4.69, 9.17) is 9.47 Å². The maximum atomic E-state index is 14.6. The molecule has 1 aliphatic heterocycles. The van der Waals surface area contributed by atoms with Crippen LogP contribution in [0, 0.1) is 0 Å². The molecule has 386 valence electrons. The Kier molecular flexibility index (Phi) is 15.5. The predicted molar refractivity (Wildman–Crippen MR) is 192 cm³/mol. The van der Waals surface area contributed by atoms with E-state index in [1.54, 1.807) is 6.92 Å². The highest BCUT2D eigenvalue weighted by Crippen LogP contribution is 2.66. The van der Waals surface area contributed by atoms with Gasteiger partial charge in [-0.15, -0.1) is 16.5 Å². The molecule has 2 aromatic carbocycles. The Balaban J connectivity index is 1.51. The summed E-state index contributed by atoms with van der Waals surface area (Å²) in [7, 11) is 0. The summed E-state index contributed by atoms with van der Waals surface area (Å²) < 4.78 is 342. The summed E-state index contributed by atoms with van der Waals surface area (Å²) in [5.41, 5.74) is -2.50. The predicted octanol–water partition coefficient (Wildman–Crippen LogP) is 14.6. The van der Waals surface area contributed by atoms with E-state index in [1.807, 2.05) is 0 Å². The van der Waals surface area contributed by atoms with Crippen molar-refractivity contribution in [2.24, 2.45) is 10.3 Å². The molecule has 6 nitrogen and oxygen atoms in total. The number of rotatable bonds is 20. The van der Waals surface area contributed by atoms with Crippen molar-refractivity contribution >= 4 is 35.5 Å². The van der Waals surface area contributed by atoms with Crippen LogP contribution in [0.3, 0.4) is 0 Å². The number of hydrogen-bond donors (Lipinski definition) is 0. The van der Waals surface area contributed by atoms with Gasteiger partial charge in [-0.25, -0.2) is 0 Å². The zero-order chi connectivity index (χ0) is 52.8. The van der Waals surface area contributed by atoms with Crippen LogP contribution in [-0.2, 0) is 19.1 Å². The molecule has 4 rings (SSSR count). The molecule has 1 aliphatic rings. The number of alkyl halides is 24. The van der Waals surface area contributed by atoms with Crippen molar-refractivity contribution in [2.45, 2.75) is 98.4 Å². The lowest BCUT2D eigenvalue weighted by Gasteiger charge is -2.44. The van der Waals surface area contributed by atoms with Gasteiger partial charge in [-0.2, -0.15) is 105 Å². The summed E-state index contributed by atoms with van der Waals surface area (Å²) in [5, 5.41) is 8.50. The summed E-state index contributed by atoms with van der Waals surface area (Å²) in [6.45, 7) is 1.45. The third kappa shape index (κ3) is 9.97. The molecule has 0 fully saturated rings. The van der Waals surface area contributed by atoms with E-state index >= 15 is 0 Å². The van der Waals surface area contributed by atoms with Gasteiger partial charge in [0.1, 0.15) is 18.1 Å². The lowest BCUT2D eigenvalue weighted by Crippen LogP contribution is -2.76. The van der Waals surface area contributed by atoms with Crippen molar-refractivity contribution in [1.29, 1.82) is 0 Å². The molecule has 0 saturated carbocycles. The summed E-state index contributed by atoms with van der Waals surface area (Å²) in [6.07, 6.45) is -14.1. The Morgan fingerprint density at radius 3 is 1.52 bits per heavy atom. The SMILES string of the molecule is CCCN(Cc1ccc(CCC(F)(F)C(F)(F)C(F)(F)C(F)(F)C(F)(F)C(F)(F)C(F)(F)C(F)(F)C(F)(F)C(F)(F)F)cc1)N=Nc1ccc(/C=C/c2sc(C=O)c3c2OCCO3)cc1C(F)(F)F. The fourth-order valence-electron chi connectivity index (χ4n) is 5.92. The normalized spacial score (nSPS) is 15.4. The number of hydrogen-bond acceptors (Lipinski definition) is 6. The number of carbonyl (C=O) groups is 1. The van der Waals surface area contributed by atoms with Gasteiger partial charge in [0.15, 0.2) is 17.8 Å². The Labute approximate surface area is 374 Å². The van der Waals surface area contributed by atoms with E-state index in [0.717, 1.165) is 46.7 Å². The molecule has 2 heterocycles. The quantitative estimate of drug-likeness (QED) is 0.0490. The van der Waals surface area contributed by atoms with Crippen LogP contribution >= 0.6 is 11.3 Å². The number of fused-ring (bicyclic) bond motifs is 1. The van der Waals surface area contributed by atoms with Crippen molar-refractivity contribution < 1.29 is 120 Å². The molecule has 31 heteroatoms. The Morgan fingerprint density at radius 1 is 0.594 bits per heavy atom. The molecule has 3 aromatic rings. The summed E-state index contributed by atoms with van der Waals surface area (Å²) in [4.78, 5) is 11.9. The van der Waals surface area contributed by atoms with Crippen LogP contribution in [0.4, 0.5) is 111 Å². The Morgan fingerprint density at radius 2 is 1.06 bits per heavy atom. The highest BCUT2D eigenvalue weighted by atomic mass is 32.1. The molecular formula is C38H27F24N3O3S. The average molecular weight is 1060 g/mol. The maximum absolute atomic E-state index is 14.6. The topological polar surface area (TPSA) is 63.5 Å². The standard InChI is InChI=1S/C38H27F24N3O3S/c1-2-13-65(64-63-23-9-7-20(16-22(23)29(41,42)43)8-10-24-26-27(25(18-66)69-24)68-15-14-67-26)17-21-5-3-19(4-6-21)11-12-28(39,40)30(44,45)31(46,47)32(48,49)33(50,51)34(52,53)35(54,55)36(56,57)37(58,59)38(60,61)62/h3-10,16,18H,2,11-15,17H2,1H3/b10-8+,64-63?. The van der Waals surface area contributed by atoms with Crippen LogP contribution < -0.4 is 9.47 Å². The second kappa shape index (κ2) is 18.9. The number of carbonyl (C=O) groups excluding carboxylic acids is 1. The van der Waals surface area contributed by atoms with Crippen LogP contribution in [0.5, 0.6) is 11.5 Å². The number of benzene rings is 2. The maximum Gasteiger partial charge on any atom is 0.460 e. The molecule has 0 aliphatic carbocycles. The van der Waals surface area contributed by atoms with E-state index in [9.17, 15) is 110 Å². The zero-order valence-electron chi connectivity index (χ0n) is 33.8. The van der Waals surface area contributed by atoms with E-state index in [-0.39, 0.29) is 60.2 Å². The van der Waals surface area contributed by atoms with Gasteiger partial charge in [-0.05, 0) is 47.7 Å². The van der Waals surface area contributed by atoms with E-state index in [0.29, 0.717) is 17.2 Å².